The van der Waals surface area contributed by atoms with Gasteiger partial charge in [0.05, 0.1) is 11.4 Å². The van der Waals surface area contributed by atoms with Crippen molar-refractivity contribution in [1.82, 2.24) is 20.2 Å². The van der Waals surface area contributed by atoms with E-state index >= 15 is 0 Å². The van der Waals surface area contributed by atoms with Crippen LogP contribution in [0.3, 0.4) is 0 Å². The third-order valence-corrected chi connectivity index (χ3v) is 3.78. The lowest BCUT2D eigenvalue weighted by atomic mass is 10.1. The maximum Gasteiger partial charge on any atom is 0.146 e. The van der Waals surface area contributed by atoms with Gasteiger partial charge in [-0.15, -0.1) is 5.10 Å². The Morgan fingerprint density at radius 3 is 2.65 bits per heavy atom. The van der Waals surface area contributed by atoms with Crippen LogP contribution in [0, 0.1) is 5.82 Å². The Hall–Kier alpha value is -1.98. The first-order valence-corrected chi connectivity index (χ1v) is 7.12. The highest BCUT2D eigenvalue weighted by atomic mass is 19.1. The van der Waals surface area contributed by atoms with Crippen molar-refractivity contribution >= 4 is 5.69 Å². The second-order valence-corrected chi connectivity index (χ2v) is 5.25. The van der Waals surface area contributed by atoms with Gasteiger partial charge in [-0.3, -0.25) is 0 Å². The molecule has 1 aromatic carbocycles. The van der Waals surface area contributed by atoms with E-state index in [-0.39, 0.29) is 5.82 Å². The number of hydrogen-bond donors (Lipinski definition) is 1. The van der Waals surface area contributed by atoms with Crippen LogP contribution in [-0.2, 0) is 0 Å². The molecule has 0 radical (unpaired) electrons. The van der Waals surface area contributed by atoms with Crippen molar-refractivity contribution in [2.45, 2.75) is 44.6 Å². The van der Waals surface area contributed by atoms with E-state index in [4.69, 9.17) is 0 Å². The molecule has 1 saturated carbocycles. The highest BCUT2D eigenvalue weighted by molar-refractivity contribution is 5.52. The standard InChI is InChI=1S/C14H18FN5/c15-13-8-7-12(20-10-16-18-19-20)9-14(13)17-11-5-3-1-2-4-6-11/h7-11,17H,1-6H2. The number of nitrogens with one attached hydrogen (secondary N) is 1. The van der Waals surface area contributed by atoms with Crippen molar-refractivity contribution in [2.75, 3.05) is 5.32 Å². The van der Waals surface area contributed by atoms with Gasteiger partial charge in [0.2, 0.25) is 0 Å². The van der Waals surface area contributed by atoms with Crippen LogP contribution in [0.15, 0.2) is 24.5 Å². The van der Waals surface area contributed by atoms with Crippen LogP contribution in [0.2, 0.25) is 0 Å². The molecule has 0 amide bonds. The number of rotatable bonds is 3. The van der Waals surface area contributed by atoms with E-state index in [0.717, 1.165) is 18.5 Å². The van der Waals surface area contributed by atoms with Crippen molar-refractivity contribution in [3.8, 4) is 5.69 Å². The van der Waals surface area contributed by atoms with Gasteiger partial charge >= 0.3 is 0 Å². The molecule has 1 N–H and O–H groups in total. The van der Waals surface area contributed by atoms with Crippen molar-refractivity contribution in [3.63, 3.8) is 0 Å². The topological polar surface area (TPSA) is 55.6 Å². The first-order chi connectivity index (χ1) is 9.83. The molecular weight excluding hydrogens is 257 g/mol. The number of nitrogens with zero attached hydrogens (tertiary/aromatic N) is 4. The molecule has 1 heterocycles. The number of tetrazole rings is 1. The third kappa shape index (κ3) is 2.95. The van der Waals surface area contributed by atoms with E-state index in [1.165, 1.54) is 42.8 Å². The van der Waals surface area contributed by atoms with Gasteiger partial charge in [-0.1, -0.05) is 25.7 Å². The predicted octanol–water partition coefficient (Wildman–Crippen LogP) is 2.94. The largest absolute Gasteiger partial charge is 0.380 e. The Bertz CT molecular complexity index is 547. The van der Waals surface area contributed by atoms with Crippen LogP contribution in [0.25, 0.3) is 5.69 Å². The average Bonchev–Trinajstić information content (AvgIpc) is 2.87. The molecule has 6 heteroatoms. The minimum absolute atomic E-state index is 0.230. The van der Waals surface area contributed by atoms with E-state index in [0.29, 0.717) is 11.7 Å². The predicted molar refractivity (Wildman–Crippen MR) is 74.2 cm³/mol. The molecule has 1 aliphatic rings. The summed E-state index contributed by atoms with van der Waals surface area (Å²) in [4.78, 5) is 0. The molecule has 1 aromatic heterocycles. The summed E-state index contributed by atoms with van der Waals surface area (Å²) in [5, 5.41) is 14.4. The Labute approximate surface area is 117 Å². The summed E-state index contributed by atoms with van der Waals surface area (Å²) < 4.78 is 15.5. The van der Waals surface area contributed by atoms with Crippen LogP contribution in [0.1, 0.15) is 38.5 Å². The van der Waals surface area contributed by atoms with Gasteiger partial charge in [0, 0.05) is 6.04 Å². The van der Waals surface area contributed by atoms with Gasteiger partial charge in [-0.25, -0.2) is 9.07 Å². The maximum atomic E-state index is 13.9. The van der Waals surface area contributed by atoms with Gasteiger partial charge in [0.15, 0.2) is 0 Å². The molecule has 2 aromatic rings. The van der Waals surface area contributed by atoms with E-state index in [1.807, 2.05) is 0 Å². The van der Waals surface area contributed by atoms with Gasteiger partial charge in [-0.05, 0) is 41.5 Å². The number of aromatic nitrogens is 4. The molecule has 1 fully saturated rings. The van der Waals surface area contributed by atoms with E-state index in [1.54, 1.807) is 12.1 Å². The fourth-order valence-corrected chi connectivity index (χ4v) is 2.69. The minimum atomic E-state index is -0.230. The number of benzene rings is 1. The summed E-state index contributed by atoms with van der Waals surface area (Å²) in [5.74, 6) is -0.230. The van der Waals surface area contributed by atoms with Crippen molar-refractivity contribution in [1.29, 1.82) is 0 Å². The normalized spacial score (nSPS) is 16.9. The maximum absolute atomic E-state index is 13.9. The highest BCUT2D eigenvalue weighted by Crippen LogP contribution is 2.24. The molecule has 0 saturated heterocycles. The summed E-state index contributed by atoms with van der Waals surface area (Å²) in [6.07, 6.45) is 8.71. The van der Waals surface area contributed by atoms with E-state index in [2.05, 4.69) is 20.8 Å². The lowest BCUT2D eigenvalue weighted by molar-refractivity contribution is 0.596. The Morgan fingerprint density at radius 2 is 1.95 bits per heavy atom. The minimum Gasteiger partial charge on any atom is -0.380 e. The van der Waals surface area contributed by atoms with Crippen LogP contribution in [-0.4, -0.2) is 26.2 Å². The van der Waals surface area contributed by atoms with Crippen LogP contribution < -0.4 is 5.32 Å². The summed E-state index contributed by atoms with van der Waals surface area (Å²) in [6.45, 7) is 0. The number of halogens is 1. The summed E-state index contributed by atoms with van der Waals surface area (Å²) >= 11 is 0. The second kappa shape index (κ2) is 5.98. The second-order valence-electron chi connectivity index (χ2n) is 5.25. The fourth-order valence-electron chi connectivity index (χ4n) is 2.69. The first kappa shape index (κ1) is 13.0. The van der Waals surface area contributed by atoms with Gasteiger partial charge in [-0.2, -0.15) is 0 Å². The van der Waals surface area contributed by atoms with Crippen molar-refractivity contribution < 1.29 is 4.39 Å². The quantitative estimate of drug-likeness (QED) is 0.875. The summed E-state index contributed by atoms with van der Waals surface area (Å²) in [6, 6.07) is 5.24. The van der Waals surface area contributed by atoms with Crippen LogP contribution in [0.4, 0.5) is 10.1 Å². The molecule has 5 nitrogen and oxygen atoms in total. The molecule has 106 valence electrons. The van der Waals surface area contributed by atoms with Gasteiger partial charge in [0.1, 0.15) is 12.1 Å². The molecular formula is C14H18FN5. The molecule has 0 atom stereocenters. The van der Waals surface area contributed by atoms with E-state index < -0.39 is 0 Å². The Morgan fingerprint density at radius 1 is 1.15 bits per heavy atom. The number of anilines is 1. The van der Waals surface area contributed by atoms with Gasteiger partial charge < -0.3 is 5.32 Å². The molecule has 20 heavy (non-hydrogen) atoms. The zero-order chi connectivity index (χ0) is 13.8. The van der Waals surface area contributed by atoms with Crippen molar-refractivity contribution in [2.24, 2.45) is 0 Å². The zero-order valence-electron chi connectivity index (χ0n) is 11.3. The first-order valence-electron chi connectivity index (χ1n) is 7.12. The molecule has 0 unspecified atom stereocenters. The zero-order valence-corrected chi connectivity index (χ0v) is 11.3. The average molecular weight is 275 g/mol. The SMILES string of the molecule is Fc1ccc(-n2cnnn2)cc1NC1CCCCCC1. The Kier molecular flexibility index (Phi) is 3.90. The molecule has 3 rings (SSSR count). The van der Waals surface area contributed by atoms with Crippen LogP contribution in [0.5, 0.6) is 0 Å². The fraction of sp³-hybridized carbons (Fsp3) is 0.500. The monoisotopic (exact) mass is 275 g/mol. The highest BCUT2D eigenvalue weighted by Gasteiger charge is 2.14. The van der Waals surface area contributed by atoms with Crippen LogP contribution >= 0.6 is 0 Å². The van der Waals surface area contributed by atoms with Gasteiger partial charge in [0.25, 0.3) is 0 Å². The molecule has 1 aliphatic carbocycles. The van der Waals surface area contributed by atoms with Crippen molar-refractivity contribution in [3.05, 3.63) is 30.3 Å². The molecule has 0 spiro atoms. The lowest BCUT2D eigenvalue weighted by Gasteiger charge is -2.18. The van der Waals surface area contributed by atoms with E-state index in [9.17, 15) is 4.39 Å². The third-order valence-electron chi connectivity index (χ3n) is 3.78. The summed E-state index contributed by atoms with van der Waals surface area (Å²) in [5.41, 5.74) is 1.29. The molecule has 0 bridgehead atoms. The number of hydrogen-bond acceptors (Lipinski definition) is 4. The summed E-state index contributed by atoms with van der Waals surface area (Å²) in [7, 11) is 0. The lowest BCUT2D eigenvalue weighted by Crippen LogP contribution is -2.19. The molecule has 0 aliphatic heterocycles. The smallest absolute Gasteiger partial charge is 0.146 e. The Balaban J connectivity index is 1.79.